The van der Waals surface area contributed by atoms with Gasteiger partial charge in [-0.25, -0.2) is 0 Å². The molecule has 2 heterocycles. The van der Waals surface area contributed by atoms with Crippen LogP contribution in [0.2, 0.25) is 0 Å². The van der Waals surface area contributed by atoms with E-state index in [0.717, 1.165) is 41.8 Å². The first-order valence-corrected chi connectivity index (χ1v) is 11.0. The molecule has 0 aliphatic carbocycles. The first kappa shape index (κ1) is 20.8. The summed E-state index contributed by atoms with van der Waals surface area (Å²) < 4.78 is 0. The van der Waals surface area contributed by atoms with Gasteiger partial charge in [-0.3, -0.25) is 14.6 Å². The summed E-state index contributed by atoms with van der Waals surface area (Å²) in [6.45, 7) is 4.10. The normalized spacial score (nSPS) is 14.4. The molecule has 2 aromatic carbocycles. The number of pyridine rings is 1. The molecule has 1 aliphatic heterocycles. The number of amides is 2. The molecular formula is C25H28N4O2. The van der Waals surface area contributed by atoms with Crippen molar-refractivity contribution < 1.29 is 9.59 Å². The molecule has 0 radical (unpaired) electrons. The molecule has 3 aromatic rings. The van der Waals surface area contributed by atoms with Crippen molar-refractivity contribution in [3.63, 3.8) is 0 Å². The van der Waals surface area contributed by atoms with Crippen LogP contribution in [0.15, 0.2) is 60.8 Å². The van der Waals surface area contributed by atoms with Crippen molar-refractivity contribution in [2.24, 2.45) is 0 Å². The minimum absolute atomic E-state index is 0.202. The zero-order chi connectivity index (χ0) is 21.6. The maximum atomic E-state index is 13.0. The topological polar surface area (TPSA) is 74.3 Å². The number of aromatic nitrogens is 1. The lowest BCUT2D eigenvalue weighted by molar-refractivity contribution is -0.118. The number of carbonyl (C=O) groups is 2. The highest BCUT2D eigenvalue weighted by Crippen LogP contribution is 2.23. The Bertz CT molecular complexity index is 1070. The van der Waals surface area contributed by atoms with Crippen molar-refractivity contribution in [2.75, 3.05) is 23.3 Å². The predicted molar refractivity (Wildman–Crippen MR) is 124 cm³/mol. The van der Waals surface area contributed by atoms with E-state index in [4.69, 9.17) is 0 Å². The highest BCUT2D eigenvalue weighted by atomic mass is 16.2. The van der Waals surface area contributed by atoms with Crippen LogP contribution in [-0.4, -0.2) is 35.9 Å². The molecule has 1 fully saturated rings. The molecule has 0 spiro atoms. The number of rotatable bonds is 7. The molecule has 6 heteroatoms. The lowest BCUT2D eigenvalue weighted by Gasteiger charge is -2.21. The lowest BCUT2D eigenvalue weighted by atomic mass is 10.1. The van der Waals surface area contributed by atoms with Crippen LogP contribution < -0.4 is 15.5 Å². The second kappa shape index (κ2) is 9.60. The number of hydrogen-bond donors (Lipinski definition) is 2. The third-order valence-corrected chi connectivity index (χ3v) is 5.67. The molecule has 2 N–H and O–H groups in total. The summed E-state index contributed by atoms with van der Waals surface area (Å²) in [5.41, 5.74) is 3.15. The fourth-order valence-electron chi connectivity index (χ4n) is 4.08. The Morgan fingerprint density at radius 1 is 1.06 bits per heavy atom. The smallest absolute Gasteiger partial charge is 0.252 e. The van der Waals surface area contributed by atoms with E-state index >= 15 is 0 Å². The van der Waals surface area contributed by atoms with E-state index in [-0.39, 0.29) is 11.8 Å². The Morgan fingerprint density at radius 3 is 2.68 bits per heavy atom. The van der Waals surface area contributed by atoms with Crippen molar-refractivity contribution >= 4 is 34.1 Å². The summed E-state index contributed by atoms with van der Waals surface area (Å²) in [4.78, 5) is 32.7. The number of anilines is 2. The Kier molecular flexibility index (Phi) is 6.46. The molecule has 0 saturated carbocycles. The van der Waals surface area contributed by atoms with Gasteiger partial charge in [0.1, 0.15) is 6.04 Å². The summed E-state index contributed by atoms with van der Waals surface area (Å²) in [7, 11) is 0. The van der Waals surface area contributed by atoms with Crippen molar-refractivity contribution in [2.45, 2.75) is 38.6 Å². The Labute approximate surface area is 182 Å². The van der Waals surface area contributed by atoms with E-state index in [2.05, 4.69) is 26.6 Å². The van der Waals surface area contributed by atoms with Gasteiger partial charge in [0.05, 0.1) is 5.52 Å². The number of nitrogens with zero attached hydrogens (tertiary/aromatic N) is 2. The number of nitrogens with one attached hydrogen (secondary N) is 2. The Morgan fingerprint density at radius 2 is 1.87 bits per heavy atom. The largest absolute Gasteiger partial charge is 0.371 e. The lowest BCUT2D eigenvalue weighted by Crippen LogP contribution is -2.43. The average Bonchev–Trinajstić information content (AvgIpc) is 3.33. The summed E-state index contributed by atoms with van der Waals surface area (Å²) in [6.07, 6.45) is 5.44. The van der Waals surface area contributed by atoms with Crippen LogP contribution in [0.3, 0.4) is 0 Å². The fourth-order valence-corrected chi connectivity index (χ4v) is 4.08. The maximum Gasteiger partial charge on any atom is 0.252 e. The number of hydrogen-bond acceptors (Lipinski definition) is 4. The van der Waals surface area contributed by atoms with Gasteiger partial charge in [0.25, 0.3) is 5.91 Å². The van der Waals surface area contributed by atoms with Crippen LogP contribution in [0.4, 0.5) is 11.4 Å². The van der Waals surface area contributed by atoms with Gasteiger partial charge in [0.2, 0.25) is 5.91 Å². The molecule has 1 atom stereocenters. The second-order valence-electron chi connectivity index (χ2n) is 7.92. The third kappa shape index (κ3) is 4.85. The van der Waals surface area contributed by atoms with Crippen LogP contribution >= 0.6 is 0 Å². The summed E-state index contributed by atoms with van der Waals surface area (Å²) in [6, 6.07) is 16.4. The molecular weight excluding hydrogens is 388 g/mol. The maximum absolute atomic E-state index is 13.0. The van der Waals surface area contributed by atoms with Crippen LogP contribution in [0, 0.1) is 0 Å². The Balaban J connectivity index is 1.48. The molecule has 1 saturated heterocycles. The highest BCUT2D eigenvalue weighted by molar-refractivity contribution is 6.08. The monoisotopic (exact) mass is 416 g/mol. The molecule has 160 valence electrons. The number of carbonyl (C=O) groups excluding carboxylic acids is 2. The zero-order valence-electron chi connectivity index (χ0n) is 17.8. The zero-order valence-corrected chi connectivity index (χ0v) is 17.8. The van der Waals surface area contributed by atoms with Crippen LogP contribution in [0.1, 0.15) is 43.0 Å². The van der Waals surface area contributed by atoms with Crippen molar-refractivity contribution in [1.82, 2.24) is 10.3 Å². The van der Waals surface area contributed by atoms with Crippen LogP contribution in [-0.2, 0) is 4.79 Å². The van der Waals surface area contributed by atoms with Crippen LogP contribution in [0.25, 0.3) is 10.9 Å². The van der Waals surface area contributed by atoms with Gasteiger partial charge >= 0.3 is 0 Å². The summed E-state index contributed by atoms with van der Waals surface area (Å²) >= 11 is 0. The fraction of sp³-hybridized carbons (Fsp3) is 0.320. The molecule has 2 amide bonds. The van der Waals surface area contributed by atoms with Gasteiger partial charge in [0, 0.05) is 41.6 Å². The molecule has 1 aliphatic rings. The third-order valence-electron chi connectivity index (χ3n) is 5.67. The molecule has 0 bridgehead atoms. The van der Waals surface area contributed by atoms with E-state index in [9.17, 15) is 9.59 Å². The molecule has 6 nitrogen and oxygen atoms in total. The second-order valence-corrected chi connectivity index (χ2v) is 7.92. The van der Waals surface area contributed by atoms with Crippen LogP contribution in [0.5, 0.6) is 0 Å². The molecule has 1 aromatic heterocycles. The standard InChI is InChI=1S/C25H28N4O2/c1-2-8-23(28-24(30)21-11-6-13-22-20(21)12-7-14-26-22)25(31)27-18-9-5-10-19(17-18)29-15-3-4-16-29/h5-7,9-14,17,23H,2-4,8,15-16H2,1H3,(H,27,31)(H,28,30). The van der Waals surface area contributed by atoms with Crippen molar-refractivity contribution in [3.05, 3.63) is 66.4 Å². The highest BCUT2D eigenvalue weighted by Gasteiger charge is 2.22. The van der Waals surface area contributed by atoms with Gasteiger partial charge in [-0.1, -0.05) is 31.5 Å². The quantitative estimate of drug-likeness (QED) is 0.600. The van der Waals surface area contributed by atoms with Gasteiger partial charge in [-0.2, -0.15) is 0 Å². The minimum Gasteiger partial charge on any atom is -0.371 e. The van der Waals surface area contributed by atoms with Gasteiger partial charge < -0.3 is 15.5 Å². The predicted octanol–water partition coefficient (Wildman–Crippen LogP) is 4.37. The first-order valence-electron chi connectivity index (χ1n) is 11.0. The molecule has 4 rings (SSSR count). The van der Waals surface area contributed by atoms with Crippen molar-refractivity contribution in [1.29, 1.82) is 0 Å². The van der Waals surface area contributed by atoms with E-state index in [1.165, 1.54) is 12.8 Å². The minimum atomic E-state index is -0.611. The van der Waals surface area contributed by atoms with E-state index in [0.29, 0.717) is 12.0 Å². The van der Waals surface area contributed by atoms with Crippen molar-refractivity contribution in [3.8, 4) is 0 Å². The Hall–Kier alpha value is -3.41. The first-order chi connectivity index (χ1) is 15.2. The van der Waals surface area contributed by atoms with Gasteiger partial charge in [-0.15, -0.1) is 0 Å². The summed E-state index contributed by atoms with van der Waals surface area (Å²) in [5.74, 6) is -0.467. The van der Waals surface area contributed by atoms with E-state index in [1.807, 2.05) is 49.4 Å². The number of fused-ring (bicyclic) bond motifs is 1. The summed E-state index contributed by atoms with van der Waals surface area (Å²) in [5, 5.41) is 6.69. The molecule has 1 unspecified atom stereocenters. The average molecular weight is 417 g/mol. The molecule has 31 heavy (non-hydrogen) atoms. The SMILES string of the molecule is CCCC(NC(=O)c1cccc2ncccc12)C(=O)Nc1cccc(N2CCCC2)c1. The van der Waals surface area contributed by atoms with Gasteiger partial charge in [-0.05, 0) is 55.7 Å². The number of benzene rings is 2. The van der Waals surface area contributed by atoms with E-state index in [1.54, 1.807) is 12.3 Å². The van der Waals surface area contributed by atoms with E-state index < -0.39 is 6.04 Å². The van der Waals surface area contributed by atoms with Gasteiger partial charge in [0.15, 0.2) is 0 Å².